The number of aliphatic hydroxyl groups excluding tert-OH is 2. The Hall–Kier alpha value is -2.96. The zero-order chi connectivity index (χ0) is 20.4. The highest BCUT2D eigenvalue weighted by atomic mass is 16.5. The van der Waals surface area contributed by atoms with E-state index in [-0.39, 0.29) is 5.76 Å². The number of nitrogens with zero attached hydrogens (tertiary/aromatic N) is 2. The molecule has 1 aliphatic carbocycles. The Kier molecular flexibility index (Phi) is 5.47. The lowest BCUT2D eigenvalue weighted by Crippen LogP contribution is -2.23. The Morgan fingerprint density at radius 1 is 1.17 bits per heavy atom. The predicted molar refractivity (Wildman–Crippen MR) is 110 cm³/mol. The molecule has 6 nitrogen and oxygen atoms in total. The first-order chi connectivity index (χ1) is 14.1. The molecule has 2 unspecified atom stereocenters. The summed E-state index contributed by atoms with van der Waals surface area (Å²) in [4.78, 5) is 17.2. The smallest absolute Gasteiger partial charge is 0.345 e. The van der Waals surface area contributed by atoms with Crippen LogP contribution in [0.15, 0.2) is 54.9 Å². The van der Waals surface area contributed by atoms with Crippen molar-refractivity contribution in [2.24, 2.45) is 0 Å². The van der Waals surface area contributed by atoms with Gasteiger partial charge in [0.05, 0.1) is 5.56 Å². The molecule has 0 fully saturated rings. The number of carbonyl (C=O) groups excluding carboxylic acids is 1. The standard InChI is InChI=1S/C23H24N2O4/c1-2-3-6-12-25-14-17(15-8-4-5-10-18(15)25)23(28)29-20-13-19(26)22(27)16-9-7-11-24-21(16)20/h4-5,7-11,13-14,19,22,26-27H,2-3,6,12H2,1H3. The second-order valence-corrected chi connectivity index (χ2v) is 7.26. The molecule has 0 aliphatic heterocycles. The molecular weight excluding hydrogens is 368 g/mol. The predicted octanol–water partition coefficient (Wildman–Crippen LogP) is 3.83. The van der Waals surface area contributed by atoms with Crippen molar-refractivity contribution in [1.29, 1.82) is 0 Å². The molecule has 3 aromatic rings. The van der Waals surface area contributed by atoms with E-state index in [4.69, 9.17) is 4.74 Å². The average molecular weight is 392 g/mol. The lowest BCUT2D eigenvalue weighted by molar-refractivity contribution is 0.0424. The summed E-state index contributed by atoms with van der Waals surface area (Å²) in [5, 5.41) is 21.1. The summed E-state index contributed by atoms with van der Waals surface area (Å²) in [6.45, 7) is 2.99. The molecule has 1 aromatic carbocycles. The van der Waals surface area contributed by atoms with Gasteiger partial charge in [0, 0.05) is 35.4 Å². The first-order valence-electron chi connectivity index (χ1n) is 9.93. The zero-order valence-corrected chi connectivity index (χ0v) is 16.3. The second kappa shape index (κ2) is 8.19. The van der Waals surface area contributed by atoms with Crippen LogP contribution < -0.4 is 0 Å². The number of aliphatic hydroxyl groups is 2. The maximum Gasteiger partial charge on any atom is 0.345 e. The molecule has 0 spiro atoms. The van der Waals surface area contributed by atoms with Crippen LogP contribution in [0, 0.1) is 0 Å². The van der Waals surface area contributed by atoms with Gasteiger partial charge in [0.25, 0.3) is 0 Å². The van der Waals surface area contributed by atoms with Crippen molar-refractivity contribution in [2.75, 3.05) is 0 Å². The second-order valence-electron chi connectivity index (χ2n) is 7.26. The Balaban J connectivity index is 1.65. The van der Waals surface area contributed by atoms with Crippen molar-refractivity contribution in [1.82, 2.24) is 9.55 Å². The quantitative estimate of drug-likeness (QED) is 0.492. The highest BCUT2D eigenvalue weighted by Gasteiger charge is 2.30. The van der Waals surface area contributed by atoms with Crippen molar-refractivity contribution < 1.29 is 19.7 Å². The number of unbranched alkanes of at least 4 members (excludes halogenated alkanes) is 2. The number of ether oxygens (including phenoxy) is 1. The molecule has 2 N–H and O–H groups in total. The highest BCUT2D eigenvalue weighted by molar-refractivity contribution is 6.05. The first-order valence-corrected chi connectivity index (χ1v) is 9.93. The van der Waals surface area contributed by atoms with Gasteiger partial charge in [-0.1, -0.05) is 44.0 Å². The summed E-state index contributed by atoms with van der Waals surface area (Å²) in [5.74, 6) is -0.354. The van der Waals surface area contributed by atoms with E-state index in [2.05, 4.69) is 16.5 Å². The Bertz CT molecular complexity index is 1070. The van der Waals surface area contributed by atoms with Crippen molar-refractivity contribution in [3.8, 4) is 0 Å². The van der Waals surface area contributed by atoms with Crippen molar-refractivity contribution in [3.05, 3.63) is 71.7 Å². The van der Waals surface area contributed by atoms with E-state index in [1.54, 1.807) is 18.3 Å². The molecule has 29 heavy (non-hydrogen) atoms. The summed E-state index contributed by atoms with van der Waals surface area (Å²) in [6, 6.07) is 11.1. The normalized spacial score (nSPS) is 18.4. The minimum Gasteiger partial charge on any atom is -0.421 e. The topological polar surface area (TPSA) is 84.6 Å². The van der Waals surface area contributed by atoms with Gasteiger partial charge in [-0.15, -0.1) is 0 Å². The maximum atomic E-state index is 13.0. The number of hydrogen-bond donors (Lipinski definition) is 2. The van der Waals surface area contributed by atoms with Gasteiger partial charge in [-0.2, -0.15) is 0 Å². The molecule has 4 rings (SSSR count). The monoisotopic (exact) mass is 392 g/mol. The van der Waals surface area contributed by atoms with E-state index in [0.717, 1.165) is 36.7 Å². The summed E-state index contributed by atoms with van der Waals surface area (Å²) < 4.78 is 7.73. The third-order valence-electron chi connectivity index (χ3n) is 5.25. The molecule has 2 atom stereocenters. The minimum absolute atomic E-state index is 0.159. The molecule has 2 heterocycles. The molecule has 150 valence electrons. The number of rotatable bonds is 6. The first kappa shape index (κ1) is 19.4. The Labute approximate surface area is 169 Å². The molecule has 0 radical (unpaired) electrons. The van der Waals surface area contributed by atoms with Crippen LogP contribution in [0.25, 0.3) is 16.7 Å². The SMILES string of the molecule is CCCCCn1cc(C(=O)OC2=CC(O)C(O)c3cccnc32)c2ccccc21. The number of fused-ring (bicyclic) bond motifs is 2. The fourth-order valence-corrected chi connectivity index (χ4v) is 3.74. The van der Waals surface area contributed by atoms with Gasteiger partial charge in [0.15, 0.2) is 5.76 Å². The fraction of sp³-hybridized carbons (Fsp3) is 0.304. The van der Waals surface area contributed by atoms with E-state index < -0.39 is 18.2 Å². The number of carbonyl (C=O) groups is 1. The van der Waals surface area contributed by atoms with E-state index in [0.29, 0.717) is 16.8 Å². The summed E-state index contributed by atoms with van der Waals surface area (Å²) >= 11 is 0. The molecule has 2 aromatic heterocycles. The van der Waals surface area contributed by atoms with Gasteiger partial charge in [-0.3, -0.25) is 4.98 Å². The maximum absolute atomic E-state index is 13.0. The molecule has 0 amide bonds. The molecule has 0 bridgehead atoms. The summed E-state index contributed by atoms with van der Waals surface area (Å²) in [7, 11) is 0. The largest absolute Gasteiger partial charge is 0.421 e. The van der Waals surface area contributed by atoms with Gasteiger partial charge in [0.2, 0.25) is 0 Å². The van der Waals surface area contributed by atoms with E-state index in [1.807, 2.05) is 30.5 Å². The van der Waals surface area contributed by atoms with Crippen LogP contribution in [0.5, 0.6) is 0 Å². The van der Waals surface area contributed by atoms with E-state index in [1.165, 1.54) is 6.08 Å². The molecular formula is C23H24N2O4. The van der Waals surface area contributed by atoms with Crippen LogP contribution in [0.4, 0.5) is 0 Å². The van der Waals surface area contributed by atoms with Crippen LogP contribution in [0.3, 0.4) is 0 Å². The van der Waals surface area contributed by atoms with Crippen molar-refractivity contribution >= 4 is 22.6 Å². The number of hydrogen-bond acceptors (Lipinski definition) is 5. The van der Waals surface area contributed by atoms with E-state index >= 15 is 0 Å². The zero-order valence-electron chi connectivity index (χ0n) is 16.3. The molecule has 0 saturated carbocycles. The van der Waals surface area contributed by atoms with Gasteiger partial charge in [-0.05, 0) is 24.6 Å². The van der Waals surface area contributed by atoms with Crippen molar-refractivity contribution in [3.63, 3.8) is 0 Å². The van der Waals surface area contributed by atoms with E-state index in [9.17, 15) is 15.0 Å². The lowest BCUT2D eigenvalue weighted by Gasteiger charge is -2.24. The highest BCUT2D eigenvalue weighted by Crippen LogP contribution is 2.33. The minimum atomic E-state index is -1.16. The van der Waals surface area contributed by atoms with Crippen LogP contribution in [0.1, 0.15) is 53.9 Å². The fourth-order valence-electron chi connectivity index (χ4n) is 3.74. The number of esters is 1. The summed E-state index contributed by atoms with van der Waals surface area (Å²) in [5.41, 5.74) is 2.26. The van der Waals surface area contributed by atoms with Crippen LogP contribution in [0.2, 0.25) is 0 Å². The average Bonchev–Trinajstić information content (AvgIpc) is 3.11. The van der Waals surface area contributed by atoms with Gasteiger partial charge < -0.3 is 19.5 Å². The molecule has 6 heteroatoms. The lowest BCUT2D eigenvalue weighted by atomic mass is 9.95. The number of pyridine rings is 1. The Morgan fingerprint density at radius 2 is 2.00 bits per heavy atom. The molecule has 1 aliphatic rings. The number of para-hydroxylation sites is 1. The third-order valence-corrected chi connectivity index (χ3v) is 5.25. The summed E-state index contributed by atoms with van der Waals surface area (Å²) in [6.07, 6.45) is 5.76. The van der Waals surface area contributed by atoms with Gasteiger partial charge >= 0.3 is 5.97 Å². The van der Waals surface area contributed by atoms with Crippen LogP contribution in [-0.2, 0) is 11.3 Å². The Morgan fingerprint density at radius 3 is 2.83 bits per heavy atom. The van der Waals surface area contributed by atoms with Gasteiger partial charge in [0.1, 0.15) is 17.9 Å². The third kappa shape index (κ3) is 3.69. The van der Waals surface area contributed by atoms with Crippen LogP contribution in [-0.4, -0.2) is 31.8 Å². The van der Waals surface area contributed by atoms with Gasteiger partial charge in [-0.25, -0.2) is 4.79 Å². The number of aromatic nitrogens is 2. The molecule has 0 saturated heterocycles. The number of aryl methyl sites for hydroxylation is 1. The number of benzene rings is 1. The van der Waals surface area contributed by atoms with Crippen molar-refractivity contribution in [2.45, 2.75) is 44.9 Å². The van der Waals surface area contributed by atoms with Crippen LogP contribution >= 0.6 is 0 Å².